The minimum absolute atomic E-state index is 0.123. The number of benzene rings is 1. The van der Waals surface area contributed by atoms with Gasteiger partial charge in [0.1, 0.15) is 11.4 Å². The van der Waals surface area contributed by atoms with Crippen LogP contribution in [-0.4, -0.2) is 38.3 Å². The Morgan fingerprint density at radius 3 is 2.55 bits per heavy atom. The average Bonchev–Trinajstić information content (AvgIpc) is 3.27. The molecule has 0 bridgehead atoms. The maximum Gasteiger partial charge on any atom is 0.410 e. The molecule has 0 saturated carbocycles. The Morgan fingerprint density at radius 1 is 1.03 bits per heavy atom. The molecule has 2 aromatic heterocycles. The van der Waals surface area contributed by atoms with E-state index in [-0.39, 0.29) is 29.8 Å². The van der Waals surface area contributed by atoms with Gasteiger partial charge in [-0.2, -0.15) is 18.3 Å². The molecule has 2 aliphatic rings. The topological polar surface area (TPSA) is 63.1 Å². The number of carbonyl (C=O) groups excluding carboxylic acids is 1. The molecule has 6 nitrogen and oxygen atoms in total. The van der Waals surface area contributed by atoms with Crippen LogP contribution in [0, 0.1) is 0 Å². The van der Waals surface area contributed by atoms with E-state index in [1.54, 1.807) is 41.6 Å². The molecule has 0 unspecified atom stereocenters. The number of piperidine rings is 1. The summed E-state index contributed by atoms with van der Waals surface area (Å²) in [4.78, 5) is 19.6. The lowest BCUT2D eigenvalue weighted by Crippen LogP contribution is -2.40. The molecule has 172 valence electrons. The number of aromatic nitrogens is 3. The van der Waals surface area contributed by atoms with E-state index in [0.717, 1.165) is 35.1 Å². The molecule has 1 aromatic carbocycles. The molecule has 3 atom stereocenters. The van der Waals surface area contributed by atoms with Crippen LogP contribution in [0.15, 0.2) is 61.1 Å². The second kappa shape index (κ2) is 8.53. The normalized spacial score (nSPS) is 23.0. The number of nitrogens with zero attached hydrogens (tertiary/aromatic N) is 4. The average molecular weight is 455 g/mol. The van der Waals surface area contributed by atoms with Crippen molar-refractivity contribution in [2.24, 2.45) is 0 Å². The number of rotatable bonds is 3. The molecule has 0 aliphatic carbocycles. The largest absolute Gasteiger partial charge is 0.410 e. The van der Waals surface area contributed by atoms with Gasteiger partial charge in [-0.3, -0.25) is 9.78 Å². The SMILES string of the molecule is O=C(c1cnn2c1N[C@H](c1ccccc1)C[C@@H]2C(F)(F)F)N1CCCC[C@H]1c1cccnc1. The highest BCUT2D eigenvalue weighted by Gasteiger charge is 2.47. The van der Waals surface area contributed by atoms with Crippen molar-refractivity contribution in [3.63, 3.8) is 0 Å². The summed E-state index contributed by atoms with van der Waals surface area (Å²) in [6.45, 7) is 0.536. The highest BCUT2D eigenvalue weighted by Crippen LogP contribution is 2.45. The van der Waals surface area contributed by atoms with Crippen molar-refractivity contribution >= 4 is 11.7 Å². The number of carbonyl (C=O) groups is 1. The van der Waals surface area contributed by atoms with Gasteiger partial charge in [-0.25, -0.2) is 4.68 Å². The van der Waals surface area contributed by atoms with Crippen molar-refractivity contribution in [3.8, 4) is 0 Å². The van der Waals surface area contributed by atoms with Crippen LogP contribution in [0.4, 0.5) is 19.0 Å². The predicted octanol–water partition coefficient (Wildman–Crippen LogP) is 5.31. The Bertz CT molecular complexity index is 1120. The third-order valence-electron chi connectivity index (χ3n) is 6.50. The van der Waals surface area contributed by atoms with Crippen molar-refractivity contribution in [2.75, 3.05) is 11.9 Å². The van der Waals surface area contributed by atoms with Gasteiger partial charge in [-0.05, 0) is 36.5 Å². The smallest absolute Gasteiger partial charge is 0.363 e. The number of hydrogen-bond acceptors (Lipinski definition) is 4. The zero-order valence-electron chi connectivity index (χ0n) is 17.9. The van der Waals surface area contributed by atoms with Gasteiger partial charge in [0, 0.05) is 25.4 Å². The minimum Gasteiger partial charge on any atom is -0.363 e. The van der Waals surface area contributed by atoms with Crippen LogP contribution in [0.3, 0.4) is 0 Å². The summed E-state index contributed by atoms with van der Waals surface area (Å²) < 4.78 is 42.8. The fourth-order valence-corrected chi connectivity index (χ4v) is 4.87. The number of hydrogen-bond donors (Lipinski definition) is 1. The number of nitrogens with one attached hydrogen (secondary N) is 1. The fourth-order valence-electron chi connectivity index (χ4n) is 4.87. The Kier molecular flexibility index (Phi) is 5.55. The second-order valence-corrected chi connectivity index (χ2v) is 8.55. The maximum absolute atomic E-state index is 14.0. The van der Waals surface area contributed by atoms with E-state index in [9.17, 15) is 18.0 Å². The van der Waals surface area contributed by atoms with E-state index in [0.29, 0.717) is 6.54 Å². The summed E-state index contributed by atoms with van der Waals surface area (Å²) >= 11 is 0. The van der Waals surface area contributed by atoms with Crippen LogP contribution in [0.25, 0.3) is 0 Å². The lowest BCUT2D eigenvalue weighted by atomic mass is 9.95. The van der Waals surface area contributed by atoms with E-state index in [4.69, 9.17) is 0 Å². The van der Waals surface area contributed by atoms with Crippen molar-refractivity contribution in [1.82, 2.24) is 19.7 Å². The fraction of sp³-hybridized carbons (Fsp3) is 0.375. The summed E-state index contributed by atoms with van der Waals surface area (Å²) in [5.41, 5.74) is 1.83. The van der Waals surface area contributed by atoms with Crippen LogP contribution < -0.4 is 5.32 Å². The van der Waals surface area contributed by atoms with E-state index in [2.05, 4.69) is 15.4 Å². The van der Waals surface area contributed by atoms with Gasteiger partial charge < -0.3 is 10.2 Å². The highest BCUT2D eigenvalue weighted by atomic mass is 19.4. The molecule has 1 amide bonds. The number of amides is 1. The molecule has 3 aromatic rings. The molecule has 1 saturated heterocycles. The van der Waals surface area contributed by atoms with E-state index in [1.165, 1.54) is 6.20 Å². The highest BCUT2D eigenvalue weighted by molar-refractivity contribution is 5.99. The van der Waals surface area contributed by atoms with E-state index < -0.39 is 18.3 Å². The second-order valence-electron chi connectivity index (χ2n) is 8.55. The Hall–Kier alpha value is -3.36. The number of likely N-dealkylation sites (tertiary alicyclic amines) is 1. The molecule has 0 spiro atoms. The molecular formula is C24H24F3N5O. The van der Waals surface area contributed by atoms with Gasteiger partial charge in [0.2, 0.25) is 0 Å². The van der Waals surface area contributed by atoms with Crippen LogP contribution in [0.2, 0.25) is 0 Å². The third kappa shape index (κ3) is 4.07. The first-order valence-electron chi connectivity index (χ1n) is 11.1. The first kappa shape index (κ1) is 21.5. The summed E-state index contributed by atoms with van der Waals surface area (Å²) in [5, 5.41) is 7.20. The maximum atomic E-state index is 14.0. The molecule has 2 aliphatic heterocycles. The zero-order valence-corrected chi connectivity index (χ0v) is 17.9. The number of fused-ring (bicyclic) bond motifs is 1. The zero-order chi connectivity index (χ0) is 23.0. The lowest BCUT2D eigenvalue weighted by Gasteiger charge is -2.37. The van der Waals surface area contributed by atoms with Gasteiger partial charge in [0.25, 0.3) is 5.91 Å². The molecule has 9 heteroatoms. The molecule has 33 heavy (non-hydrogen) atoms. The third-order valence-corrected chi connectivity index (χ3v) is 6.50. The summed E-state index contributed by atoms with van der Waals surface area (Å²) in [5.74, 6) is -0.190. The first-order valence-corrected chi connectivity index (χ1v) is 11.1. The van der Waals surface area contributed by atoms with Crippen molar-refractivity contribution in [3.05, 3.63) is 77.7 Å². The van der Waals surface area contributed by atoms with Crippen molar-refractivity contribution in [1.29, 1.82) is 0 Å². The summed E-state index contributed by atoms with van der Waals surface area (Å²) in [6.07, 6.45) is 2.61. The van der Waals surface area contributed by atoms with E-state index >= 15 is 0 Å². The molecule has 4 heterocycles. The standard InChI is InChI=1S/C24H24F3N5O/c25-24(26,27)21-13-19(16-7-2-1-3-8-16)30-22-18(15-29-32(21)22)23(33)31-12-5-4-10-20(31)17-9-6-11-28-14-17/h1-3,6-9,11,14-15,19-21,30H,4-5,10,12-13H2/t19-,20-,21+/m0/s1. The van der Waals surface area contributed by atoms with Crippen LogP contribution in [-0.2, 0) is 0 Å². The van der Waals surface area contributed by atoms with Gasteiger partial charge >= 0.3 is 6.18 Å². The van der Waals surface area contributed by atoms with Crippen molar-refractivity contribution < 1.29 is 18.0 Å². The van der Waals surface area contributed by atoms with Gasteiger partial charge in [-0.15, -0.1) is 0 Å². The number of pyridine rings is 1. The lowest BCUT2D eigenvalue weighted by molar-refractivity contribution is -0.173. The summed E-state index contributed by atoms with van der Waals surface area (Å²) in [7, 11) is 0. The van der Waals surface area contributed by atoms with Crippen LogP contribution in [0.5, 0.6) is 0 Å². The number of halogens is 3. The van der Waals surface area contributed by atoms with Crippen LogP contribution >= 0.6 is 0 Å². The minimum atomic E-state index is -4.49. The Morgan fingerprint density at radius 2 is 1.82 bits per heavy atom. The van der Waals surface area contributed by atoms with Gasteiger partial charge in [0.05, 0.1) is 18.3 Å². The first-order chi connectivity index (χ1) is 15.9. The van der Waals surface area contributed by atoms with Gasteiger partial charge in [0.15, 0.2) is 6.04 Å². The van der Waals surface area contributed by atoms with Crippen LogP contribution in [0.1, 0.15) is 65.3 Å². The number of anilines is 1. The molecular weight excluding hydrogens is 431 g/mol. The number of alkyl halides is 3. The Balaban J connectivity index is 1.51. The van der Waals surface area contributed by atoms with E-state index in [1.807, 2.05) is 18.2 Å². The van der Waals surface area contributed by atoms with Crippen molar-refractivity contribution in [2.45, 2.75) is 50.0 Å². The molecule has 1 fully saturated rings. The molecule has 0 radical (unpaired) electrons. The quantitative estimate of drug-likeness (QED) is 0.582. The molecule has 5 rings (SSSR count). The Labute approximate surface area is 189 Å². The monoisotopic (exact) mass is 455 g/mol. The predicted molar refractivity (Wildman–Crippen MR) is 117 cm³/mol. The van der Waals surface area contributed by atoms with Gasteiger partial charge in [-0.1, -0.05) is 36.4 Å². The molecule has 1 N–H and O–H groups in total. The summed E-state index contributed by atoms with van der Waals surface area (Å²) in [6, 6.07) is 10.2.